The summed E-state index contributed by atoms with van der Waals surface area (Å²) in [7, 11) is 0. The van der Waals surface area contributed by atoms with Gasteiger partial charge in [0.1, 0.15) is 6.10 Å². The third-order valence-electron chi connectivity index (χ3n) is 2.12. The highest BCUT2D eigenvalue weighted by atomic mass is 19.2. The molecule has 0 radical (unpaired) electrons. The van der Waals surface area contributed by atoms with E-state index >= 15 is 0 Å². The number of amides is 1. The Morgan fingerprint density at radius 2 is 1.88 bits per heavy atom. The zero-order chi connectivity index (χ0) is 13.2. The number of primary amides is 1. The molecule has 0 saturated heterocycles. The van der Waals surface area contributed by atoms with Gasteiger partial charge in [0.05, 0.1) is 11.6 Å². The van der Waals surface area contributed by atoms with Crippen LogP contribution in [0.1, 0.15) is 17.2 Å². The summed E-state index contributed by atoms with van der Waals surface area (Å²) >= 11 is 0. The van der Waals surface area contributed by atoms with Crippen LogP contribution in [0.3, 0.4) is 0 Å². The molecule has 0 aliphatic carbocycles. The first-order valence-corrected chi connectivity index (χ1v) is 4.43. The zero-order valence-electron chi connectivity index (χ0n) is 8.39. The van der Waals surface area contributed by atoms with Crippen molar-refractivity contribution in [3.63, 3.8) is 0 Å². The van der Waals surface area contributed by atoms with Crippen LogP contribution in [0.4, 0.5) is 8.78 Å². The van der Waals surface area contributed by atoms with Gasteiger partial charge in [0.2, 0.25) is 5.91 Å². The largest absolute Gasteiger partial charge is 0.385 e. The van der Waals surface area contributed by atoms with E-state index in [9.17, 15) is 23.8 Å². The van der Waals surface area contributed by atoms with Crippen LogP contribution in [-0.2, 0) is 4.79 Å². The Hall–Kier alpha value is -2.04. The van der Waals surface area contributed by atoms with E-state index in [0.717, 1.165) is 0 Å². The molecule has 1 aromatic carbocycles. The van der Waals surface area contributed by atoms with E-state index in [2.05, 4.69) is 0 Å². The molecule has 0 aliphatic rings. The van der Waals surface area contributed by atoms with E-state index in [1.807, 2.05) is 0 Å². The van der Waals surface area contributed by atoms with E-state index in [1.54, 1.807) is 0 Å². The molecule has 5 nitrogen and oxygen atoms in total. The number of nitrogens with zero attached hydrogens (tertiary/aromatic N) is 1. The molecule has 17 heavy (non-hydrogen) atoms. The van der Waals surface area contributed by atoms with Gasteiger partial charge in [-0.2, -0.15) is 5.26 Å². The predicted octanol–water partition coefficient (Wildman–Crippen LogP) is -0.284. The maximum absolute atomic E-state index is 12.9. The average molecular weight is 242 g/mol. The highest BCUT2D eigenvalue weighted by molar-refractivity contribution is 5.79. The summed E-state index contributed by atoms with van der Waals surface area (Å²) in [6.45, 7) is 0. The van der Waals surface area contributed by atoms with Gasteiger partial charge < -0.3 is 15.9 Å². The Bertz CT molecular complexity index is 499. The van der Waals surface area contributed by atoms with Gasteiger partial charge in [0.15, 0.2) is 17.7 Å². The highest BCUT2D eigenvalue weighted by Gasteiger charge is 2.27. The van der Waals surface area contributed by atoms with Crippen molar-refractivity contribution in [2.24, 2.45) is 5.73 Å². The van der Waals surface area contributed by atoms with Crippen LogP contribution < -0.4 is 5.73 Å². The van der Waals surface area contributed by atoms with Crippen molar-refractivity contribution < 1.29 is 23.8 Å². The van der Waals surface area contributed by atoms with E-state index < -0.39 is 40.9 Å². The van der Waals surface area contributed by atoms with Crippen molar-refractivity contribution in [3.8, 4) is 6.07 Å². The number of nitrogens with two attached hydrogens (primary N) is 1. The number of aliphatic hydroxyl groups excluding tert-OH is 2. The molecule has 0 spiro atoms. The molecule has 1 aromatic rings. The van der Waals surface area contributed by atoms with Gasteiger partial charge in [0.25, 0.3) is 0 Å². The zero-order valence-corrected chi connectivity index (χ0v) is 8.39. The molecule has 0 bridgehead atoms. The molecular weight excluding hydrogens is 234 g/mol. The Morgan fingerprint density at radius 1 is 1.35 bits per heavy atom. The third-order valence-corrected chi connectivity index (χ3v) is 2.12. The lowest BCUT2D eigenvalue weighted by molar-refractivity contribution is -0.132. The summed E-state index contributed by atoms with van der Waals surface area (Å²) in [6.07, 6.45) is -3.90. The number of nitriles is 1. The second-order valence-corrected chi connectivity index (χ2v) is 3.26. The Kier molecular flexibility index (Phi) is 3.73. The van der Waals surface area contributed by atoms with Crippen LogP contribution in [0.15, 0.2) is 12.1 Å². The van der Waals surface area contributed by atoms with Crippen LogP contribution in [-0.4, -0.2) is 22.2 Å². The number of aliphatic hydroxyl groups is 2. The molecule has 2 atom stereocenters. The fraction of sp³-hybridized carbons (Fsp3) is 0.200. The van der Waals surface area contributed by atoms with Gasteiger partial charge in [-0.1, -0.05) is 0 Å². The number of hydrogen-bond donors (Lipinski definition) is 3. The number of carbonyl (C=O) groups is 1. The van der Waals surface area contributed by atoms with Crippen molar-refractivity contribution in [1.29, 1.82) is 5.26 Å². The fourth-order valence-electron chi connectivity index (χ4n) is 1.23. The third kappa shape index (κ3) is 2.55. The number of hydrogen-bond acceptors (Lipinski definition) is 4. The van der Waals surface area contributed by atoms with Gasteiger partial charge >= 0.3 is 0 Å². The monoisotopic (exact) mass is 242 g/mol. The quantitative estimate of drug-likeness (QED) is 0.677. The Morgan fingerprint density at radius 3 is 2.35 bits per heavy atom. The maximum atomic E-state index is 12.9. The number of halogens is 2. The topological polar surface area (TPSA) is 107 Å². The summed E-state index contributed by atoms with van der Waals surface area (Å²) < 4.78 is 25.7. The van der Waals surface area contributed by atoms with Crippen LogP contribution in [0, 0.1) is 23.0 Å². The SMILES string of the molecule is N#Cc1cc(F)c(F)cc1C(O)C(O)C(N)=O. The molecule has 1 amide bonds. The normalized spacial score (nSPS) is 13.8. The highest BCUT2D eigenvalue weighted by Crippen LogP contribution is 2.23. The van der Waals surface area contributed by atoms with Crippen LogP contribution >= 0.6 is 0 Å². The van der Waals surface area contributed by atoms with E-state index in [0.29, 0.717) is 12.1 Å². The Balaban J connectivity index is 3.26. The summed E-state index contributed by atoms with van der Waals surface area (Å²) in [5, 5.41) is 27.3. The second-order valence-electron chi connectivity index (χ2n) is 3.26. The molecule has 0 aromatic heterocycles. The number of benzene rings is 1. The first kappa shape index (κ1) is 13.0. The minimum Gasteiger partial charge on any atom is -0.385 e. The second kappa shape index (κ2) is 4.86. The van der Waals surface area contributed by atoms with Gasteiger partial charge in [-0.25, -0.2) is 8.78 Å². The summed E-state index contributed by atoms with van der Waals surface area (Å²) in [6, 6.07) is 2.60. The number of rotatable bonds is 3. The fourth-order valence-corrected chi connectivity index (χ4v) is 1.23. The van der Waals surface area contributed by atoms with Gasteiger partial charge in [0, 0.05) is 5.56 Å². The molecule has 90 valence electrons. The molecule has 0 fully saturated rings. The molecule has 0 aliphatic heterocycles. The van der Waals surface area contributed by atoms with Crippen LogP contribution in [0.5, 0.6) is 0 Å². The average Bonchev–Trinajstić information content (AvgIpc) is 2.29. The molecule has 2 unspecified atom stereocenters. The van der Waals surface area contributed by atoms with Crippen molar-refractivity contribution in [2.45, 2.75) is 12.2 Å². The van der Waals surface area contributed by atoms with Gasteiger partial charge in [-0.05, 0) is 12.1 Å². The molecule has 0 saturated carbocycles. The minimum absolute atomic E-state index is 0.392. The molecule has 4 N–H and O–H groups in total. The first-order valence-electron chi connectivity index (χ1n) is 4.43. The van der Waals surface area contributed by atoms with Crippen LogP contribution in [0.2, 0.25) is 0 Å². The number of carbonyl (C=O) groups excluding carboxylic acids is 1. The molecule has 1 rings (SSSR count). The van der Waals surface area contributed by atoms with Gasteiger partial charge in [-0.15, -0.1) is 0 Å². The van der Waals surface area contributed by atoms with E-state index in [1.165, 1.54) is 6.07 Å². The van der Waals surface area contributed by atoms with Crippen molar-refractivity contribution >= 4 is 5.91 Å². The Labute approximate surface area is 94.7 Å². The molecular formula is C10H8F2N2O3. The minimum atomic E-state index is -2.01. The van der Waals surface area contributed by atoms with Crippen molar-refractivity contribution in [3.05, 3.63) is 34.9 Å². The lowest BCUT2D eigenvalue weighted by atomic mass is 9.98. The molecule has 7 heteroatoms. The van der Waals surface area contributed by atoms with Crippen molar-refractivity contribution in [2.75, 3.05) is 0 Å². The van der Waals surface area contributed by atoms with Gasteiger partial charge in [-0.3, -0.25) is 4.79 Å². The van der Waals surface area contributed by atoms with E-state index in [4.69, 9.17) is 11.0 Å². The summed E-state index contributed by atoms with van der Waals surface area (Å²) in [5.74, 6) is -3.83. The van der Waals surface area contributed by atoms with E-state index in [-0.39, 0.29) is 0 Å². The first-order chi connectivity index (χ1) is 7.88. The summed E-state index contributed by atoms with van der Waals surface area (Å²) in [5.41, 5.74) is 3.94. The van der Waals surface area contributed by atoms with Crippen molar-refractivity contribution in [1.82, 2.24) is 0 Å². The smallest absolute Gasteiger partial charge is 0.249 e. The molecule has 0 heterocycles. The lowest BCUT2D eigenvalue weighted by Crippen LogP contribution is -2.34. The maximum Gasteiger partial charge on any atom is 0.249 e. The van der Waals surface area contributed by atoms with Crippen LogP contribution in [0.25, 0.3) is 0 Å². The standard InChI is InChI=1S/C10H8F2N2O3/c11-6-1-4(3-13)5(2-7(6)12)8(15)9(16)10(14)17/h1-2,8-9,15-16H,(H2,14,17). The summed E-state index contributed by atoms with van der Waals surface area (Å²) in [4.78, 5) is 10.6. The lowest BCUT2D eigenvalue weighted by Gasteiger charge is -2.16. The predicted molar refractivity (Wildman–Crippen MR) is 51.2 cm³/mol.